The van der Waals surface area contributed by atoms with E-state index in [1.807, 2.05) is 12.2 Å². The average molecular weight is 368 g/mol. The number of allylic oxidation sites excluding steroid dienone is 2. The van der Waals surface area contributed by atoms with Crippen LogP contribution < -0.4 is 0 Å². The molecular weight excluding hydrogens is 336 g/mol. The van der Waals surface area contributed by atoms with Crippen molar-refractivity contribution in [2.45, 2.75) is 76.6 Å². The van der Waals surface area contributed by atoms with Crippen molar-refractivity contribution in [1.29, 1.82) is 0 Å². The summed E-state index contributed by atoms with van der Waals surface area (Å²) in [5.41, 5.74) is 0. The van der Waals surface area contributed by atoms with Crippen LogP contribution in [0.4, 0.5) is 0 Å². The SMILES string of the molecule is C[C@@H](O)CCC[C@H](O)/C=C/C1[C@H](O)CC(=O)[C@@H]1C/C=C\CCCC(=O)O. The molecule has 0 saturated heterocycles. The number of rotatable bonds is 12. The Morgan fingerprint density at radius 1 is 1.23 bits per heavy atom. The minimum absolute atomic E-state index is 0.0194. The first-order valence-electron chi connectivity index (χ1n) is 9.43. The molecule has 1 unspecified atom stereocenters. The van der Waals surface area contributed by atoms with Crippen LogP contribution in [-0.4, -0.2) is 50.5 Å². The molecule has 0 aliphatic heterocycles. The number of Topliss-reactive ketones (excluding diaryl/α,β-unsaturated/α-hetero) is 1. The topological polar surface area (TPSA) is 115 Å². The highest BCUT2D eigenvalue weighted by Crippen LogP contribution is 2.33. The van der Waals surface area contributed by atoms with Gasteiger partial charge in [0, 0.05) is 24.7 Å². The Labute approximate surface area is 155 Å². The van der Waals surface area contributed by atoms with E-state index in [-0.39, 0.29) is 36.6 Å². The van der Waals surface area contributed by atoms with E-state index in [4.69, 9.17) is 5.11 Å². The molecule has 148 valence electrons. The predicted octanol–water partition coefficient (Wildman–Crippen LogP) is 2.22. The summed E-state index contributed by atoms with van der Waals surface area (Å²) in [5, 5.41) is 37.9. The molecule has 26 heavy (non-hydrogen) atoms. The van der Waals surface area contributed by atoms with E-state index in [0.717, 1.165) is 0 Å². The summed E-state index contributed by atoms with van der Waals surface area (Å²) >= 11 is 0. The summed E-state index contributed by atoms with van der Waals surface area (Å²) < 4.78 is 0. The Morgan fingerprint density at radius 2 is 1.96 bits per heavy atom. The number of carbonyl (C=O) groups is 2. The molecule has 1 rings (SSSR count). The maximum Gasteiger partial charge on any atom is 0.303 e. The molecule has 6 heteroatoms. The number of carboxylic acid groups (broad SMARTS) is 1. The van der Waals surface area contributed by atoms with Crippen molar-refractivity contribution in [3.8, 4) is 0 Å². The lowest BCUT2D eigenvalue weighted by atomic mass is 9.90. The van der Waals surface area contributed by atoms with E-state index in [9.17, 15) is 24.9 Å². The second-order valence-corrected chi connectivity index (χ2v) is 7.15. The van der Waals surface area contributed by atoms with Gasteiger partial charge in [-0.3, -0.25) is 9.59 Å². The van der Waals surface area contributed by atoms with Gasteiger partial charge in [0.1, 0.15) is 5.78 Å². The minimum atomic E-state index is -0.815. The van der Waals surface area contributed by atoms with Gasteiger partial charge in [0.2, 0.25) is 0 Å². The Hall–Kier alpha value is -1.50. The van der Waals surface area contributed by atoms with Gasteiger partial charge < -0.3 is 20.4 Å². The monoisotopic (exact) mass is 368 g/mol. The molecule has 0 aromatic heterocycles. The number of aliphatic hydroxyl groups excluding tert-OH is 3. The quantitative estimate of drug-likeness (QED) is 0.310. The maximum absolute atomic E-state index is 12.1. The van der Waals surface area contributed by atoms with E-state index in [0.29, 0.717) is 38.5 Å². The molecule has 0 spiro atoms. The van der Waals surface area contributed by atoms with Gasteiger partial charge in [0.15, 0.2) is 0 Å². The van der Waals surface area contributed by atoms with E-state index < -0.39 is 18.2 Å². The maximum atomic E-state index is 12.1. The summed E-state index contributed by atoms with van der Waals surface area (Å²) in [7, 11) is 0. The first kappa shape index (κ1) is 22.5. The van der Waals surface area contributed by atoms with Crippen molar-refractivity contribution in [1.82, 2.24) is 0 Å². The Kier molecular flexibility index (Phi) is 10.4. The molecule has 0 amide bonds. The van der Waals surface area contributed by atoms with Gasteiger partial charge in [-0.05, 0) is 45.4 Å². The largest absolute Gasteiger partial charge is 0.481 e. The van der Waals surface area contributed by atoms with Gasteiger partial charge in [-0.25, -0.2) is 0 Å². The molecule has 0 heterocycles. The van der Waals surface area contributed by atoms with Gasteiger partial charge in [0.25, 0.3) is 0 Å². The zero-order valence-corrected chi connectivity index (χ0v) is 15.5. The summed E-state index contributed by atoms with van der Waals surface area (Å²) in [6, 6.07) is 0. The third-order valence-electron chi connectivity index (χ3n) is 4.73. The number of hydrogen-bond acceptors (Lipinski definition) is 5. The molecule has 6 nitrogen and oxygen atoms in total. The van der Waals surface area contributed by atoms with E-state index in [1.54, 1.807) is 19.1 Å². The first-order valence-corrected chi connectivity index (χ1v) is 9.43. The van der Waals surface area contributed by atoms with Crippen molar-refractivity contribution in [3.05, 3.63) is 24.3 Å². The number of unbranched alkanes of at least 4 members (excludes halogenated alkanes) is 1. The lowest BCUT2D eigenvalue weighted by Gasteiger charge is -2.16. The fourth-order valence-electron chi connectivity index (χ4n) is 3.23. The molecule has 4 N–H and O–H groups in total. The van der Waals surface area contributed by atoms with Crippen LogP contribution in [0.15, 0.2) is 24.3 Å². The van der Waals surface area contributed by atoms with Crippen LogP contribution in [0, 0.1) is 11.8 Å². The summed E-state index contributed by atoms with van der Waals surface area (Å²) in [6.07, 6.45) is 9.23. The van der Waals surface area contributed by atoms with Gasteiger partial charge in [-0.15, -0.1) is 0 Å². The van der Waals surface area contributed by atoms with E-state index in [1.165, 1.54) is 0 Å². The van der Waals surface area contributed by atoms with Crippen molar-refractivity contribution in [2.24, 2.45) is 11.8 Å². The van der Waals surface area contributed by atoms with Crippen molar-refractivity contribution < 1.29 is 30.0 Å². The number of carboxylic acids is 1. The second-order valence-electron chi connectivity index (χ2n) is 7.15. The molecule has 5 atom stereocenters. The van der Waals surface area contributed by atoms with Gasteiger partial charge in [-0.1, -0.05) is 24.3 Å². The third kappa shape index (κ3) is 8.74. The molecule has 1 aliphatic rings. The molecule has 0 aromatic rings. The fraction of sp³-hybridized carbons (Fsp3) is 0.700. The molecule has 1 saturated carbocycles. The van der Waals surface area contributed by atoms with Gasteiger partial charge >= 0.3 is 5.97 Å². The zero-order valence-electron chi connectivity index (χ0n) is 15.5. The number of hydrogen-bond donors (Lipinski definition) is 4. The van der Waals surface area contributed by atoms with Crippen molar-refractivity contribution in [2.75, 3.05) is 0 Å². The smallest absolute Gasteiger partial charge is 0.303 e. The molecule has 1 aliphatic carbocycles. The predicted molar refractivity (Wildman–Crippen MR) is 98.5 cm³/mol. The van der Waals surface area contributed by atoms with Gasteiger partial charge in [-0.2, -0.15) is 0 Å². The molecule has 0 aromatic carbocycles. The van der Waals surface area contributed by atoms with Crippen LogP contribution in [-0.2, 0) is 9.59 Å². The highest BCUT2D eigenvalue weighted by molar-refractivity contribution is 5.84. The number of aliphatic hydroxyl groups is 3. The lowest BCUT2D eigenvalue weighted by Crippen LogP contribution is -2.18. The molecule has 0 radical (unpaired) electrons. The Balaban J connectivity index is 2.47. The number of aliphatic carboxylic acids is 1. The fourth-order valence-corrected chi connectivity index (χ4v) is 3.23. The highest BCUT2D eigenvalue weighted by Gasteiger charge is 2.39. The van der Waals surface area contributed by atoms with E-state index >= 15 is 0 Å². The first-order chi connectivity index (χ1) is 12.3. The minimum Gasteiger partial charge on any atom is -0.481 e. The second kappa shape index (κ2) is 12.0. The van der Waals surface area contributed by atoms with Crippen LogP contribution in [0.5, 0.6) is 0 Å². The van der Waals surface area contributed by atoms with Crippen molar-refractivity contribution in [3.63, 3.8) is 0 Å². The molecular formula is C20H32O6. The third-order valence-corrected chi connectivity index (χ3v) is 4.73. The Morgan fingerprint density at radius 3 is 2.62 bits per heavy atom. The van der Waals surface area contributed by atoms with Gasteiger partial charge in [0.05, 0.1) is 18.3 Å². The summed E-state index contributed by atoms with van der Waals surface area (Å²) in [4.78, 5) is 22.6. The zero-order chi connectivity index (χ0) is 19.5. The summed E-state index contributed by atoms with van der Waals surface area (Å²) in [5.74, 6) is -1.41. The van der Waals surface area contributed by atoms with E-state index in [2.05, 4.69) is 0 Å². The number of carbonyl (C=O) groups excluding carboxylic acids is 1. The number of ketones is 1. The Bertz CT molecular complexity index is 497. The van der Waals surface area contributed by atoms with Crippen LogP contribution in [0.1, 0.15) is 58.3 Å². The van der Waals surface area contributed by atoms with Crippen LogP contribution >= 0.6 is 0 Å². The lowest BCUT2D eigenvalue weighted by molar-refractivity contribution is -0.137. The van der Waals surface area contributed by atoms with Crippen LogP contribution in [0.3, 0.4) is 0 Å². The molecule has 1 fully saturated rings. The normalized spacial score (nSPS) is 26.0. The van der Waals surface area contributed by atoms with Crippen LogP contribution in [0.25, 0.3) is 0 Å². The van der Waals surface area contributed by atoms with Crippen molar-refractivity contribution >= 4 is 11.8 Å². The average Bonchev–Trinajstić information content (AvgIpc) is 2.81. The standard InChI is InChI=1S/C20H32O6/c1-14(21)7-6-8-15(22)11-12-17-16(18(23)13-19(17)24)9-4-2-3-5-10-20(25)26/h2,4,11-12,14-17,19,21-22,24H,3,5-10,13H2,1H3,(H,25,26)/b4-2-,12-11+/t14-,15+,16-,17?,19-/m1/s1. The highest BCUT2D eigenvalue weighted by atomic mass is 16.4. The molecule has 0 bridgehead atoms. The summed E-state index contributed by atoms with van der Waals surface area (Å²) in [6.45, 7) is 1.71. The van der Waals surface area contributed by atoms with Crippen LogP contribution in [0.2, 0.25) is 0 Å².